The number of amides is 1. The molecule has 6 nitrogen and oxygen atoms in total. The van der Waals surface area contributed by atoms with E-state index >= 15 is 0 Å². The van der Waals surface area contributed by atoms with Gasteiger partial charge in [0.2, 0.25) is 0 Å². The number of carbonyl (C=O) groups is 1. The molecular weight excluding hydrogens is 282 g/mol. The van der Waals surface area contributed by atoms with Gasteiger partial charge in [-0.15, -0.1) is 0 Å². The smallest absolute Gasteiger partial charge is 0.411 e. The zero-order valence-corrected chi connectivity index (χ0v) is 12.8. The van der Waals surface area contributed by atoms with E-state index in [4.69, 9.17) is 4.74 Å². The second-order valence-corrected chi connectivity index (χ2v) is 4.84. The number of hydrogen-bond donors (Lipinski definition) is 2. The maximum absolute atomic E-state index is 11.1. The van der Waals surface area contributed by atoms with E-state index in [-0.39, 0.29) is 6.10 Å². The predicted octanol–water partition coefficient (Wildman–Crippen LogP) is 3.79. The summed E-state index contributed by atoms with van der Waals surface area (Å²) in [6.45, 7) is 3.95. The lowest BCUT2D eigenvalue weighted by Gasteiger charge is -2.15. The van der Waals surface area contributed by atoms with Crippen LogP contribution in [0.15, 0.2) is 42.6 Å². The van der Waals surface area contributed by atoms with Crippen LogP contribution in [-0.4, -0.2) is 24.3 Å². The minimum atomic E-state index is -0.529. The van der Waals surface area contributed by atoms with Crippen LogP contribution >= 0.6 is 0 Å². The van der Waals surface area contributed by atoms with Gasteiger partial charge in [0.25, 0.3) is 0 Å². The van der Waals surface area contributed by atoms with Crippen molar-refractivity contribution >= 4 is 23.3 Å². The summed E-state index contributed by atoms with van der Waals surface area (Å²) < 4.78 is 10.3. The maximum atomic E-state index is 11.1. The van der Waals surface area contributed by atoms with Crippen LogP contribution in [0.25, 0.3) is 0 Å². The fourth-order valence-corrected chi connectivity index (χ4v) is 1.78. The van der Waals surface area contributed by atoms with Gasteiger partial charge in [0, 0.05) is 0 Å². The number of rotatable bonds is 5. The topological polar surface area (TPSA) is 72.5 Å². The molecule has 2 aromatic rings. The van der Waals surface area contributed by atoms with E-state index in [1.54, 1.807) is 18.3 Å². The monoisotopic (exact) mass is 301 g/mol. The first-order valence-electron chi connectivity index (χ1n) is 6.92. The van der Waals surface area contributed by atoms with Crippen molar-refractivity contribution in [1.29, 1.82) is 0 Å². The summed E-state index contributed by atoms with van der Waals surface area (Å²) in [6, 6.07) is 11.1. The average molecular weight is 301 g/mol. The molecule has 2 N–H and O–H groups in total. The van der Waals surface area contributed by atoms with E-state index < -0.39 is 6.09 Å². The fourth-order valence-electron chi connectivity index (χ4n) is 1.78. The number of aromatic nitrogens is 1. The molecule has 0 aliphatic heterocycles. The second-order valence-electron chi connectivity index (χ2n) is 4.84. The van der Waals surface area contributed by atoms with Crippen molar-refractivity contribution in [3.63, 3.8) is 0 Å². The number of nitrogens with zero attached hydrogens (tertiary/aromatic N) is 1. The van der Waals surface area contributed by atoms with Gasteiger partial charge >= 0.3 is 6.09 Å². The summed E-state index contributed by atoms with van der Waals surface area (Å²) in [5.74, 6) is 1.41. The quantitative estimate of drug-likeness (QED) is 0.879. The van der Waals surface area contributed by atoms with E-state index in [9.17, 15) is 4.79 Å². The maximum Gasteiger partial charge on any atom is 0.411 e. The molecule has 2 rings (SSSR count). The van der Waals surface area contributed by atoms with Crippen molar-refractivity contribution in [1.82, 2.24) is 4.98 Å². The fraction of sp³-hybridized carbons (Fsp3) is 0.250. The molecule has 0 saturated heterocycles. The van der Waals surface area contributed by atoms with Crippen LogP contribution in [0.5, 0.6) is 5.75 Å². The Hall–Kier alpha value is -2.76. The number of nitrogens with one attached hydrogen (secondary N) is 2. The lowest BCUT2D eigenvalue weighted by Crippen LogP contribution is -2.11. The number of carbonyl (C=O) groups excluding carboxylic acids is 1. The van der Waals surface area contributed by atoms with Crippen molar-refractivity contribution in [2.45, 2.75) is 20.0 Å². The van der Waals surface area contributed by atoms with Gasteiger partial charge in [-0.1, -0.05) is 12.1 Å². The van der Waals surface area contributed by atoms with Gasteiger partial charge in [0.15, 0.2) is 0 Å². The molecule has 1 aromatic carbocycles. The van der Waals surface area contributed by atoms with E-state index in [1.165, 1.54) is 7.11 Å². The second kappa shape index (κ2) is 7.31. The standard InChI is InChI=1S/C16H19N3O3/c1-11(2)22-14-7-5-4-6-13(14)19-15-9-8-12(10-17-15)18-16(20)21-3/h4-11H,1-3H3,(H,17,19)(H,18,20). The molecule has 0 aliphatic rings. The molecule has 0 fully saturated rings. The highest BCUT2D eigenvalue weighted by Crippen LogP contribution is 2.27. The molecule has 0 saturated carbocycles. The van der Waals surface area contributed by atoms with Crippen molar-refractivity contribution < 1.29 is 14.3 Å². The Bertz CT molecular complexity index is 627. The Labute approximate surface area is 129 Å². The van der Waals surface area contributed by atoms with Crippen molar-refractivity contribution in [2.24, 2.45) is 0 Å². The summed E-state index contributed by atoms with van der Waals surface area (Å²) in [5, 5.41) is 5.74. The van der Waals surface area contributed by atoms with Gasteiger partial charge in [0.05, 0.1) is 30.8 Å². The van der Waals surface area contributed by atoms with Crippen molar-refractivity contribution in [2.75, 3.05) is 17.7 Å². The number of para-hydroxylation sites is 2. The number of benzene rings is 1. The Morgan fingerprint density at radius 2 is 1.95 bits per heavy atom. The van der Waals surface area contributed by atoms with E-state index in [2.05, 4.69) is 20.4 Å². The number of anilines is 3. The van der Waals surface area contributed by atoms with Gasteiger partial charge in [0.1, 0.15) is 11.6 Å². The number of hydrogen-bond acceptors (Lipinski definition) is 5. The summed E-state index contributed by atoms with van der Waals surface area (Å²) in [7, 11) is 1.31. The number of methoxy groups -OCH3 is 1. The third kappa shape index (κ3) is 4.37. The Balaban J connectivity index is 2.09. The van der Waals surface area contributed by atoms with E-state index in [0.717, 1.165) is 11.4 Å². The summed E-state index contributed by atoms with van der Waals surface area (Å²) >= 11 is 0. The van der Waals surface area contributed by atoms with Gasteiger partial charge < -0.3 is 14.8 Å². The van der Waals surface area contributed by atoms with Crippen molar-refractivity contribution in [3.8, 4) is 5.75 Å². The zero-order chi connectivity index (χ0) is 15.9. The predicted molar refractivity (Wildman–Crippen MR) is 85.8 cm³/mol. The first-order valence-corrected chi connectivity index (χ1v) is 6.92. The summed E-state index contributed by atoms with van der Waals surface area (Å²) in [4.78, 5) is 15.4. The van der Waals surface area contributed by atoms with E-state index in [1.807, 2.05) is 38.1 Å². The molecule has 0 unspecified atom stereocenters. The molecule has 0 radical (unpaired) electrons. The molecule has 22 heavy (non-hydrogen) atoms. The Morgan fingerprint density at radius 3 is 2.59 bits per heavy atom. The zero-order valence-electron chi connectivity index (χ0n) is 12.8. The van der Waals surface area contributed by atoms with Gasteiger partial charge in [-0.25, -0.2) is 9.78 Å². The Morgan fingerprint density at radius 1 is 1.18 bits per heavy atom. The van der Waals surface area contributed by atoms with Crippen LogP contribution in [0.1, 0.15) is 13.8 Å². The van der Waals surface area contributed by atoms with E-state index in [0.29, 0.717) is 11.5 Å². The molecule has 1 aromatic heterocycles. The van der Waals surface area contributed by atoms with Crippen LogP contribution in [-0.2, 0) is 4.74 Å². The molecule has 116 valence electrons. The SMILES string of the molecule is COC(=O)Nc1ccc(Nc2ccccc2OC(C)C)nc1. The highest BCUT2D eigenvalue weighted by Gasteiger charge is 2.06. The minimum Gasteiger partial charge on any atom is -0.489 e. The summed E-state index contributed by atoms with van der Waals surface area (Å²) in [6.07, 6.45) is 1.10. The minimum absolute atomic E-state index is 0.0857. The normalized spacial score (nSPS) is 10.2. The molecular formula is C16H19N3O3. The highest BCUT2D eigenvalue weighted by molar-refractivity contribution is 5.84. The largest absolute Gasteiger partial charge is 0.489 e. The molecule has 0 bridgehead atoms. The first kappa shape index (κ1) is 15.6. The van der Waals surface area contributed by atoms with Gasteiger partial charge in [-0.2, -0.15) is 0 Å². The highest BCUT2D eigenvalue weighted by atomic mass is 16.5. The van der Waals surface area contributed by atoms with Crippen LogP contribution in [0.3, 0.4) is 0 Å². The lowest BCUT2D eigenvalue weighted by atomic mass is 10.3. The van der Waals surface area contributed by atoms with Crippen LogP contribution in [0.2, 0.25) is 0 Å². The van der Waals surface area contributed by atoms with Crippen molar-refractivity contribution in [3.05, 3.63) is 42.6 Å². The molecule has 6 heteroatoms. The number of ether oxygens (including phenoxy) is 2. The first-order chi connectivity index (χ1) is 10.6. The van der Waals surface area contributed by atoms with Gasteiger partial charge in [-0.3, -0.25) is 5.32 Å². The Kier molecular flexibility index (Phi) is 5.19. The number of pyridine rings is 1. The van der Waals surface area contributed by atoms with Crippen LogP contribution in [0, 0.1) is 0 Å². The molecule has 1 amide bonds. The molecule has 0 spiro atoms. The van der Waals surface area contributed by atoms with Crippen LogP contribution < -0.4 is 15.4 Å². The molecule has 0 atom stereocenters. The molecule has 1 heterocycles. The lowest BCUT2D eigenvalue weighted by molar-refractivity contribution is 0.187. The third-order valence-corrected chi connectivity index (χ3v) is 2.71. The molecule has 0 aliphatic carbocycles. The van der Waals surface area contributed by atoms with Crippen LogP contribution in [0.4, 0.5) is 22.0 Å². The van der Waals surface area contributed by atoms with Gasteiger partial charge in [-0.05, 0) is 38.1 Å². The third-order valence-electron chi connectivity index (χ3n) is 2.71. The average Bonchev–Trinajstić information content (AvgIpc) is 2.50. The summed E-state index contributed by atoms with van der Waals surface area (Å²) in [5.41, 5.74) is 1.39.